The first kappa shape index (κ1) is 9.77. The Balaban J connectivity index is 2.89. The van der Waals surface area contributed by atoms with Gasteiger partial charge in [-0.2, -0.15) is 0 Å². The van der Waals surface area contributed by atoms with Crippen molar-refractivity contribution in [1.29, 1.82) is 0 Å². The summed E-state index contributed by atoms with van der Waals surface area (Å²) in [6.07, 6.45) is 1.78. The molecule has 3 nitrogen and oxygen atoms in total. The van der Waals surface area contributed by atoms with Crippen LogP contribution in [0.15, 0.2) is 29.2 Å². The zero-order valence-electron chi connectivity index (χ0n) is 8.87. The predicted molar refractivity (Wildman–Crippen MR) is 63.1 cm³/mol. The Kier molecular flexibility index (Phi) is 2.23. The Labute approximate surface area is 87.9 Å². The summed E-state index contributed by atoms with van der Waals surface area (Å²) in [5.74, 6) is 0.382. The summed E-state index contributed by atoms with van der Waals surface area (Å²) in [5, 5.41) is 1.66. The number of anilines is 1. The minimum atomic E-state index is -0.0818. The standard InChI is InChI=1S/C12H14N2O/c1-7(2)11-6-14-12(15)10-5-8(13)3-4-9(10)11/h3-7H,13H2,1-2H3,(H,14,15). The molecule has 0 spiro atoms. The molecule has 78 valence electrons. The van der Waals surface area contributed by atoms with Gasteiger partial charge in [-0.3, -0.25) is 4.79 Å². The first-order valence-electron chi connectivity index (χ1n) is 5.00. The molecule has 0 aliphatic carbocycles. The molecule has 0 aliphatic rings. The van der Waals surface area contributed by atoms with Crippen molar-refractivity contribution in [2.24, 2.45) is 0 Å². The number of nitrogens with one attached hydrogen (secondary N) is 1. The monoisotopic (exact) mass is 202 g/mol. The van der Waals surface area contributed by atoms with Crippen LogP contribution in [0.25, 0.3) is 10.8 Å². The zero-order chi connectivity index (χ0) is 11.0. The summed E-state index contributed by atoms with van der Waals surface area (Å²) in [6, 6.07) is 5.46. The molecule has 2 aromatic rings. The van der Waals surface area contributed by atoms with E-state index in [1.54, 1.807) is 12.3 Å². The van der Waals surface area contributed by atoms with Gasteiger partial charge in [0.05, 0.1) is 0 Å². The summed E-state index contributed by atoms with van der Waals surface area (Å²) in [6.45, 7) is 4.20. The lowest BCUT2D eigenvalue weighted by molar-refractivity contribution is 0.867. The number of H-pyrrole nitrogens is 1. The topological polar surface area (TPSA) is 58.9 Å². The van der Waals surface area contributed by atoms with E-state index >= 15 is 0 Å². The molecular formula is C12H14N2O. The van der Waals surface area contributed by atoms with E-state index in [0.29, 0.717) is 17.0 Å². The molecule has 3 N–H and O–H groups in total. The highest BCUT2D eigenvalue weighted by Crippen LogP contribution is 2.23. The number of fused-ring (bicyclic) bond motifs is 1. The molecule has 0 atom stereocenters. The van der Waals surface area contributed by atoms with Crippen LogP contribution in [0.1, 0.15) is 25.3 Å². The number of pyridine rings is 1. The average Bonchev–Trinajstić information content (AvgIpc) is 2.19. The van der Waals surface area contributed by atoms with Gasteiger partial charge in [0.1, 0.15) is 0 Å². The molecule has 0 amide bonds. The number of aromatic nitrogens is 1. The molecule has 0 saturated carbocycles. The molecule has 3 heteroatoms. The number of aromatic amines is 1. The van der Waals surface area contributed by atoms with Crippen LogP contribution in [0, 0.1) is 0 Å². The van der Waals surface area contributed by atoms with Crippen molar-refractivity contribution in [2.75, 3.05) is 5.73 Å². The van der Waals surface area contributed by atoms with Crippen molar-refractivity contribution >= 4 is 16.5 Å². The number of nitrogen functional groups attached to an aromatic ring is 1. The number of benzene rings is 1. The van der Waals surface area contributed by atoms with Gasteiger partial charge in [0.15, 0.2) is 0 Å². The van der Waals surface area contributed by atoms with E-state index in [2.05, 4.69) is 18.8 Å². The van der Waals surface area contributed by atoms with E-state index in [1.807, 2.05) is 12.1 Å². The van der Waals surface area contributed by atoms with Crippen LogP contribution in [0.2, 0.25) is 0 Å². The Hall–Kier alpha value is -1.77. The second-order valence-electron chi connectivity index (χ2n) is 4.03. The Morgan fingerprint density at radius 2 is 2.00 bits per heavy atom. The van der Waals surface area contributed by atoms with E-state index < -0.39 is 0 Å². The third-order valence-corrected chi connectivity index (χ3v) is 2.58. The lowest BCUT2D eigenvalue weighted by Crippen LogP contribution is -2.08. The van der Waals surface area contributed by atoms with Gasteiger partial charge in [-0.05, 0) is 29.0 Å². The van der Waals surface area contributed by atoms with Crippen molar-refractivity contribution in [3.05, 3.63) is 40.3 Å². The van der Waals surface area contributed by atoms with Gasteiger partial charge < -0.3 is 10.7 Å². The fourth-order valence-corrected chi connectivity index (χ4v) is 1.78. The highest BCUT2D eigenvalue weighted by atomic mass is 16.1. The minimum absolute atomic E-state index is 0.0818. The maximum absolute atomic E-state index is 11.6. The maximum atomic E-state index is 11.6. The summed E-state index contributed by atoms with van der Waals surface area (Å²) >= 11 is 0. The molecule has 0 unspecified atom stereocenters. The molecule has 0 radical (unpaired) electrons. The first-order chi connectivity index (χ1) is 7.09. The molecule has 0 aliphatic heterocycles. The number of hydrogen-bond acceptors (Lipinski definition) is 2. The summed E-state index contributed by atoms with van der Waals surface area (Å²) in [5.41, 5.74) is 7.35. The quantitative estimate of drug-likeness (QED) is 0.697. The van der Waals surface area contributed by atoms with Crippen LogP contribution < -0.4 is 11.3 Å². The van der Waals surface area contributed by atoms with Crippen LogP contribution >= 0.6 is 0 Å². The second kappa shape index (κ2) is 3.42. The van der Waals surface area contributed by atoms with Crippen molar-refractivity contribution in [3.8, 4) is 0 Å². The third-order valence-electron chi connectivity index (χ3n) is 2.58. The number of rotatable bonds is 1. The lowest BCUT2D eigenvalue weighted by atomic mass is 9.98. The normalized spacial score (nSPS) is 11.1. The third kappa shape index (κ3) is 1.61. The molecular weight excluding hydrogens is 188 g/mol. The van der Waals surface area contributed by atoms with Gasteiger partial charge in [-0.25, -0.2) is 0 Å². The molecule has 0 bridgehead atoms. The molecule has 1 heterocycles. The van der Waals surface area contributed by atoms with Gasteiger partial charge in [0.25, 0.3) is 5.56 Å². The van der Waals surface area contributed by atoms with Crippen molar-refractivity contribution in [2.45, 2.75) is 19.8 Å². The van der Waals surface area contributed by atoms with Gasteiger partial charge in [0, 0.05) is 17.3 Å². The highest BCUT2D eigenvalue weighted by molar-refractivity contribution is 5.87. The Bertz CT molecular complexity index is 555. The van der Waals surface area contributed by atoms with E-state index in [0.717, 1.165) is 10.9 Å². The van der Waals surface area contributed by atoms with E-state index in [4.69, 9.17) is 5.73 Å². The van der Waals surface area contributed by atoms with E-state index in [1.165, 1.54) is 0 Å². The summed E-state index contributed by atoms with van der Waals surface area (Å²) < 4.78 is 0. The molecule has 2 rings (SSSR count). The fourth-order valence-electron chi connectivity index (χ4n) is 1.78. The molecule has 0 saturated heterocycles. The van der Waals surface area contributed by atoms with Gasteiger partial charge in [-0.1, -0.05) is 19.9 Å². The Morgan fingerprint density at radius 1 is 1.27 bits per heavy atom. The minimum Gasteiger partial charge on any atom is -0.399 e. The van der Waals surface area contributed by atoms with Crippen molar-refractivity contribution in [3.63, 3.8) is 0 Å². The van der Waals surface area contributed by atoms with E-state index in [-0.39, 0.29) is 5.56 Å². The van der Waals surface area contributed by atoms with Crippen molar-refractivity contribution in [1.82, 2.24) is 4.98 Å². The van der Waals surface area contributed by atoms with Crippen LogP contribution in [0.5, 0.6) is 0 Å². The van der Waals surface area contributed by atoms with Crippen LogP contribution in [0.3, 0.4) is 0 Å². The number of hydrogen-bond donors (Lipinski definition) is 2. The predicted octanol–water partition coefficient (Wildman–Crippen LogP) is 2.23. The van der Waals surface area contributed by atoms with Gasteiger partial charge in [0.2, 0.25) is 0 Å². The fraction of sp³-hybridized carbons (Fsp3) is 0.250. The van der Waals surface area contributed by atoms with Crippen LogP contribution in [-0.4, -0.2) is 4.98 Å². The average molecular weight is 202 g/mol. The number of nitrogens with two attached hydrogens (primary N) is 1. The lowest BCUT2D eigenvalue weighted by Gasteiger charge is -2.09. The molecule has 0 fully saturated rings. The van der Waals surface area contributed by atoms with Crippen LogP contribution in [0.4, 0.5) is 5.69 Å². The highest BCUT2D eigenvalue weighted by Gasteiger charge is 2.07. The largest absolute Gasteiger partial charge is 0.399 e. The molecule has 15 heavy (non-hydrogen) atoms. The van der Waals surface area contributed by atoms with Crippen LogP contribution in [-0.2, 0) is 0 Å². The molecule has 1 aromatic heterocycles. The molecule has 1 aromatic carbocycles. The zero-order valence-corrected chi connectivity index (χ0v) is 8.87. The SMILES string of the molecule is CC(C)c1c[nH]c(=O)c2cc(N)ccc12. The van der Waals surface area contributed by atoms with Gasteiger partial charge in [-0.15, -0.1) is 0 Å². The Morgan fingerprint density at radius 3 is 2.67 bits per heavy atom. The maximum Gasteiger partial charge on any atom is 0.255 e. The smallest absolute Gasteiger partial charge is 0.255 e. The summed E-state index contributed by atoms with van der Waals surface area (Å²) in [4.78, 5) is 14.3. The summed E-state index contributed by atoms with van der Waals surface area (Å²) in [7, 11) is 0. The van der Waals surface area contributed by atoms with Crippen molar-refractivity contribution < 1.29 is 0 Å². The second-order valence-corrected chi connectivity index (χ2v) is 4.03. The van der Waals surface area contributed by atoms with E-state index in [9.17, 15) is 4.79 Å². The first-order valence-corrected chi connectivity index (χ1v) is 5.00. The van der Waals surface area contributed by atoms with Gasteiger partial charge >= 0.3 is 0 Å².